The molecule has 2 saturated heterocycles. The Morgan fingerprint density at radius 2 is 2.03 bits per heavy atom. The summed E-state index contributed by atoms with van der Waals surface area (Å²) in [4.78, 5) is 26.0. The monoisotopic (exact) mass is 564 g/mol. The van der Waals surface area contributed by atoms with Crippen molar-refractivity contribution in [3.63, 3.8) is 0 Å². The fourth-order valence-corrected chi connectivity index (χ4v) is 4.89. The number of likely N-dealkylation sites (N-methyl/N-ethyl adjacent to an activating group) is 1. The van der Waals surface area contributed by atoms with E-state index in [4.69, 9.17) is 14.2 Å². The van der Waals surface area contributed by atoms with Gasteiger partial charge in [-0.1, -0.05) is 12.1 Å². The van der Waals surface area contributed by atoms with Gasteiger partial charge in [0.25, 0.3) is 5.91 Å². The molecule has 0 radical (unpaired) electrons. The summed E-state index contributed by atoms with van der Waals surface area (Å²) in [6.45, 7) is 6.63. The van der Waals surface area contributed by atoms with Gasteiger partial charge in [-0.25, -0.2) is 15.0 Å². The molecule has 174 valence electrons. The van der Waals surface area contributed by atoms with Gasteiger partial charge in [0.05, 0.1) is 6.33 Å². The molecule has 2 aromatic heterocycles. The van der Waals surface area contributed by atoms with E-state index in [0.717, 1.165) is 5.56 Å². The van der Waals surface area contributed by atoms with E-state index in [-0.39, 0.29) is 5.91 Å². The molecule has 5 rings (SSSR count). The second-order valence-corrected chi connectivity index (χ2v) is 9.68. The molecule has 0 saturated carbocycles. The van der Waals surface area contributed by atoms with E-state index < -0.39 is 30.3 Å². The minimum absolute atomic E-state index is 0.227. The Morgan fingerprint density at radius 3 is 2.82 bits per heavy atom. The largest absolute Gasteiger partial charge is 0.364 e. The highest BCUT2D eigenvalue weighted by Crippen LogP contribution is 2.44. The van der Waals surface area contributed by atoms with Crippen LogP contribution in [0.5, 0.6) is 0 Å². The molecule has 0 spiro atoms. The fourth-order valence-electron chi connectivity index (χ4n) is 4.29. The molecule has 2 fully saturated rings. The molecule has 0 aliphatic carbocycles. The van der Waals surface area contributed by atoms with E-state index in [1.54, 1.807) is 10.9 Å². The lowest BCUT2D eigenvalue weighted by Crippen LogP contribution is -2.42. The predicted octanol–water partition coefficient (Wildman–Crippen LogP) is 2.60. The van der Waals surface area contributed by atoms with Crippen LogP contribution in [0.2, 0.25) is 0 Å². The maximum atomic E-state index is 12.6. The quantitative estimate of drug-likeness (QED) is 0.440. The SMILES string of the molecule is CCNC(=O)[C@H]1O[C@@H](n2cnc3c(NCc4cccc(I)c4)ncnc32)[C@@H]2OC(C)(C)O[C@@H]21. The van der Waals surface area contributed by atoms with Gasteiger partial charge in [-0.2, -0.15) is 0 Å². The average Bonchev–Trinajstić information content (AvgIpc) is 3.43. The van der Waals surface area contributed by atoms with Gasteiger partial charge in [-0.15, -0.1) is 0 Å². The summed E-state index contributed by atoms with van der Waals surface area (Å²) in [5, 5.41) is 6.16. The first-order chi connectivity index (χ1) is 15.9. The van der Waals surface area contributed by atoms with E-state index in [0.29, 0.717) is 30.1 Å². The molecule has 0 bridgehead atoms. The Balaban J connectivity index is 1.44. The lowest BCUT2D eigenvalue weighted by atomic mass is 10.1. The summed E-state index contributed by atoms with van der Waals surface area (Å²) in [5.74, 6) is -0.431. The topological polar surface area (TPSA) is 112 Å². The summed E-state index contributed by atoms with van der Waals surface area (Å²) >= 11 is 2.29. The van der Waals surface area contributed by atoms with E-state index >= 15 is 0 Å². The molecule has 2 aliphatic heterocycles. The molecule has 0 unspecified atom stereocenters. The Kier molecular flexibility index (Phi) is 5.97. The molecule has 10 nitrogen and oxygen atoms in total. The van der Waals surface area contributed by atoms with Gasteiger partial charge in [-0.05, 0) is 61.1 Å². The Labute approximate surface area is 204 Å². The number of hydrogen-bond donors (Lipinski definition) is 2. The number of fused-ring (bicyclic) bond motifs is 2. The van der Waals surface area contributed by atoms with E-state index in [1.807, 2.05) is 32.9 Å². The number of amides is 1. The van der Waals surface area contributed by atoms with Crippen LogP contribution in [0.25, 0.3) is 11.2 Å². The number of carbonyl (C=O) groups excluding carboxylic acids is 1. The Morgan fingerprint density at radius 1 is 1.21 bits per heavy atom. The second kappa shape index (κ2) is 8.78. The van der Waals surface area contributed by atoms with Crippen LogP contribution in [-0.4, -0.2) is 56.1 Å². The first-order valence-electron chi connectivity index (χ1n) is 10.8. The van der Waals surface area contributed by atoms with Crippen molar-refractivity contribution in [3.8, 4) is 0 Å². The Hall–Kier alpha value is -2.35. The molecule has 1 aromatic carbocycles. The smallest absolute Gasteiger partial charge is 0.252 e. The van der Waals surface area contributed by atoms with Crippen LogP contribution < -0.4 is 10.6 Å². The fraction of sp³-hybridized carbons (Fsp3) is 0.455. The third kappa shape index (κ3) is 4.29. The number of carbonyl (C=O) groups is 1. The molecule has 11 heteroatoms. The lowest BCUT2D eigenvalue weighted by molar-refractivity contribution is -0.197. The predicted molar refractivity (Wildman–Crippen MR) is 128 cm³/mol. The molecule has 2 aliphatic rings. The summed E-state index contributed by atoms with van der Waals surface area (Å²) < 4.78 is 21.3. The third-order valence-corrected chi connectivity index (χ3v) is 6.29. The van der Waals surface area contributed by atoms with E-state index in [1.165, 1.54) is 9.90 Å². The summed E-state index contributed by atoms with van der Waals surface area (Å²) in [5.41, 5.74) is 2.34. The van der Waals surface area contributed by atoms with Gasteiger partial charge < -0.3 is 24.8 Å². The van der Waals surface area contributed by atoms with Crippen LogP contribution in [0.3, 0.4) is 0 Å². The van der Waals surface area contributed by atoms with Crippen molar-refractivity contribution in [1.82, 2.24) is 24.8 Å². The standard InChI is InChI=1S/C22H25IN6O4/c1-4-24-20(30)16-15-17(33-22(2,3)32-15)21(31-16)29-11-28-14-18(26-10-27-19(14)29)25-9-12-6-5-7-13(23)8-12/h5-8,10-11,15-17,21H,4,9H2,1-3H3,(H,24,30)(H,25,26,27)/t15-,16+,17-,21-/m1/s1. The average molecular weight is 564 g/mol. The van der Waals surface area contributed by atoms with Crippen LogP contribution in [-0.2, 0) is 25.5 Å². The van der Waals surface area contributed by atoms with Gasteiger partial charge in [0.2, 0.25) is 0 Å². The number of anilines is 1. The number of nitrogens with one attached hydrogen (secondary N) is 2. The number of nitrogens with zero attached hydrogens (tertiary/aromatic N) is 4. The van der Waals surface area contributed by atoms with Gasteiger partial charge >= 0.3 is 0 Å². The maximum Gasteiger partial charge on any atom is 0.252 e. The van der Waals surface area contributed by atoms with E-state index in [2.05, 4.69) is 60.3 Å². The molecule has 3 aromatic rings. The van der Waals surface area contributed by atoms with Crippen molar-refractivity contribution in [3.05, 3.63) is 46.1 Å². The van der Waals surface area contributed by atoms with Crippen molar-refractivity contribution in [1.29, 1.82) is 0 Å². The van der Waals surface area contributed by atoms with Gasteiger partial charge in [0.15, 0.2) is 35.1 Å². The summed E-state index contributed by atoms with van der Waals surface area (Å²) in [7, 11) is 0. The van der Waals surface area contributed by atoms with Crippen LogP contribution in [0.15, 0.2) is 36.9 Å². The van der Waals surface area contributed by atoms with Crippen LogP contribution >= 0.6 is 22.6 Å². The number of halogens is 1. The number of aromatic nitrogens is 4. The molecule has 2 N–H and O–H groups in total. The molecule has 4 atom stereocenters. The molecular formula is C22H25IN6O4. The van der Waals surface area contributed by atoms with Crippen LogP contribution in [0.1, 0.15) is 32.6 Å². The van der Waals surface area contributed by atoms with E-state index in [9.17, 15) is 4.79 Å². The minimum atomic E-state index is -0.826. The number of rotatable bonds is 6. The van der Waals surface area contributed by atoms with Crippen molar-refractivity contribution < 1.29 is 19.0 Å². The molecule has 1 amide bonds. The van der Waals surface area contributed by atoms with Crippen molar-refractivity contribution >= 4 is 45.5 Å². The van der Waals surface area contributed by atoms with Crippen molar-refractivity contribution in [2.45, 2.75) is 57.6 Å². The zero-order valence-electron chi connectivity index (χ0n) is 18.5. The third-order valence-electron chi connectivity index (χ3n) is 5.62. The van der Waals surface area contributed by atoms with Crippen LogP contribution in [0.4, 0.5) is 5.82 Å². The normalized spacial score (nSPS) is 25.8. The van der Waals surface area contributed by atoms with Gasteiger partial charge in [0.1, 0.15) is 18.5 Å². The number of hydrogen-bond acceptors (Lipinski definition) is 8. The minimum Gasteiger partial charge on any atom is -0.364 e. The molecular weight excluding hydrogens is 539 g/mol. The lowest BCUT2D eigenvalue weighted by Gasteiger charge is -2.24. The molecule has 4 heterocycles. The molecule has 33 heavy (non-hydrogen) atoms. The van der Waals surface area contributed by atoms with Gasteiger partial charge in [-0.3, -0.25) is 9.36 Å². The maximum absolute atomic E-state index is 12.6. The van der Waals surface area contributed by atoms with Crippen molar-refractivity contribution in [2.75, 3.05) is 11.9 Å². The van der Waals surface area contributed by atoms with Crippen LogP contribution in [0, 0.1) is 3.57 Å². The van der Waals surface area contributed by atoms with Crippen molar-refractivity contribution in [2.24, 2.45) is 0 Å². The van der Waals surface area contributed by atoms with Gasteiger partial charge in [0, 0.05) is 16.7 Å². The first-order valence-corrected chi connectivity index (χ1v) is 11.9. The zero-order chi connectivity index (χ0) is 23.2. The highest BCUT2D eigenvalue weighted by Gasteiger charge is 2.58. The summed E-state index contributed by atoms with van der Waals surface area (Å²) in [6.07, 6.45) is 0.706. The first kappa shape index (κ1) is 22.4. The Bertz CT molecular complexity index is 1180. The number of ether oxygens (including phenoxy) is 3. The number of benzene rings is 1. The highest BCUT2D eigenvalue weighted by atomic mass is 127. The zero-order valence-corrected chi connectivity index (χ0v) is 20.6. The number of imidazole rings is 1. The second-order valence-electron chi connectivity index (χ2n) is 8.44. The summed E-state index contributed by atoms with van der Waals surface area (Å²) in [6, 6.07) is 8.23. The highest BCUT2D eigenvalue weighted by molar-refractivity contribution is 14.1.